The monoisotopic (exact) mass is 279 g/mol. The molecule has 3 aromatic rings. The molecule has 0 saturated carbocycles. The Morgan fingerprint density at radius 3 is 2.38 bits per heavy atom. The number of nitrogens with zero attached hydrogens (tertiary/aromatic N) is 2. The lowest BCUT2D eigenvalue weighted by atomic mass is 10.1. The summed E-state index contributed by atoms with van der Waals surface area (Å²) in [5.74, 6) is 2.23. The first-order valence-electron chi connectivity index (χ1n) is 6.73. The molecule has 0 aliphatic rings. The highest BCUT2D eigenvalue weighted by molar-refractivity contribution is 5.79. The smallest absolute Gasteiger partial charge is 0.142 e. The van der Waals surface area contributed by atoms with Gasteiger partial charge in [-0.15, -0.1) is 0 Å². The minimum absolute atomic E-state index is 0.623. The van der Waals surface area contributed by atoms with Crippen molar-refractivity contribution in [2.75, 3.05) is 12.8 Å². The summed E-state index contributed by atoms with van der Waals surface area (Å²) in [7, 11) is 3.57. The number of rotatable bonds is 3. The van der Waals surface area contributed by atoms with Gasteiger partial charge < -0.3 is 15.0 Å². The summed E-state index contributed by atoms with van der Waals surface area (Å²) in [4.78, 5) is 4.72. The molecule has 2 aromatic carbocycles. The molecular weight excluding hydrogens is 262 g/mol. The molecule has 1 aromatic heterocycles. The van der Waals surface area contributed by atoms with E-state index in [2.05, 4.69) is 0 Å². The second kappa shape index (κ2) is 5.32. The first-order valence-corrected chi connectivity index (χ1v) is 6.73. The topological polar surface area (TPSA) is 53.1 Å². The Hall–Kier alpha value is -2.75. The van der Waals surface area contributed by atoms with Crippen molar-refractivity contribution in [2.45, 2.75) is 0 Å². The van der Waals surface area contributed by atoms with Gasteiger partial charge in [0.05, 0.1) is 7.11 Å². The van der Waals surface area contributed by atoms with E-state index in [1.807, 2.05) is 66.2 Å². The molecule has 1 heterocycles. The molecule has 2 N–H and O–H groups in total. The first-order chi connectivity index (χ1) is 10.2. The van der Waals surface area contributed by atoms with E-state index in [9.17, 15) is 0 Å². The predicted molar refractivity (Wildman–Crippen MR) is 85.0 cm³/mol. The zero-order valence-corrected chi connectivity index (χ0v) is 12.1. The lowest BCUT2D eigenvalue weighted by Crippen LogP contribution is -1.99. The number of benzene rings is 2. The van der Waals surface area contributed by atoms with Crippen LogP contribution in [-0.2, 0) is 7.05 Å². The van der Waals surface area contributed by atoms with Gasteiger partial charge in [-0.05, 0) is 12.1 Å². The van der Waals surface area contributed by atoms with Gasteiger partial charge in [-0.3, -0.25) is 0 Å². The lowest BCUT2D eigenvalue weighted by molar-refractivity contribution is 0.416. The van der Waals surface area contributed by atoms with Gasteiger partial charge in [0.1, 0.15) is 23.1 Å². The Labute approximate surface area is 123 Å². The molecule has 0 aliphatic carbocycles. The fourth-order valence-corrected chi connectivity index (χ4v) is 2.40. The largest absolute Gasteiger partial charge is 0.496 e. The second-order valence-corrected chi connectivity index (χ2v) is 4.79. The molecular formula is C17H17N3O. The van der Waals surface area contributed by atoms with E-state index in [1.54, 1.807) is 7.11 Å². The maximum absolute atomic E-state index is 6.24. The lowest BCUT2D eigenvalue weighted by Gasteiger charge is -2.06. The maximum atomic E-state index is 6.24. The van der Waals surface area contributed by atoms with E-state index in [-0.39, 0.29) is 0 Å². The summed E-state index contributed by atoms with van der Waals surface area (Å²) in [5, 5.41) is 0. The number of para-hydroxylation sites is 1. The van der Waals surface area contributed by atoms with Crippen LogP contribution < -0.4 is 10.5 Å². The Bertz CT molecular complexity index is 763. The Balaban J connectivity index is 2.18. The average molecular weight is 279 g/mol. The SMILES string of the molecule is COc1ccccc1-c1nc(-c2ccccc2)n(C)c1N. The van der Waals surface area contributed by atoms with Gasteiger partial charge in [0.15, 0.2) is 0 Å². The molecule has 0 aliphatic heterocycles. The van der Waals surface area contributed by atoms with Crippen molar-refractivity contribution in [1.29, 1.82) is 0 Å². The molecule has 0 bridgehead atoms. The van der Waals surface area contributed by atoms with E-state index in [0.29, 0.717) is 5.82 Å². The summed E-state index contributed by atoms with van der Waals surface area (Å²) in [6.45, 7) is 0. The normalized spacial score (nSPS) is 10.6. The van der Waals surface area contributed by atoms with Crippen LogP contribution in [-0.4, -0.2) is 16.7 Å². The number of hydrogen-bond donors (Lipinski definition) is 1. The highest BCUT2D eigenvalue weighted by Gasteiger charge is 2.17. The summed E-state index contributed by atoms with van der Waals surface area (Å²) in [6, 6.07) is 17.8. The molecule has 3 rings (SSSR count). The van der Waals surface area contributed by atoms with E-state index >= 15 is 0 Å². The van der Waals surface area contributed by atoms with Crippen LogP contribution >= 0.6 is 0 Å². The molecule has 4 nitrogen and oxygen atoms in total. The molecule has 0 fully saturated rings. The van der Waals surface area contributed by atoms with Gasteiger partial charge in [-0.2, -0.15) is 0 Å². The summed E-state index contributed by atoms with van der Waals surface area (Å²) < 4.78 is 7.30. The van der Waals surface area contributed by atoms with E-state index < -0.39 is 0 Å². The van der Waals surface area contributed by atoms with Crippen LogP contribution in [0.2, 0.25) is 0 Å². The van der Waals surface area contributed by atoms with Crippen LogP contribution in [0.5, 0.6) is 5.75 Å². The highest BCUT2D eigenvalue weighted by Crippen LogP contribution is 2.35. The van der Waals surface area contributed by atoms with E-state index in [0.717, 1.165) is 28.4 Å². The molecule has 21 heavy (non-hydrogen) atoms. The molecule has 0 saturated heterocycles. The number of aromatic nitrogens is 2. The molecule has 106 valence electrons. The third kappa shape index (κ3) is 2.25. The zero-order chi connectivity index (χ0) is 14.8. The quantitative estimate of drug-likeness (QED) is 0.800. The number of hydrogen-bond acceptors (Lipinski definition) is 3. The van der Waals surface area contributed by atoms with Crippen LogP contribution in [0.4, 0.5) is 5.82 Å². The number of methoxy groups -OCH3 is 1. The summed E-state index contributed by atoms with van der Waals surface area (Å²) in [6.07, 6.45) is 0. The van der Waals surface area contributed by atoms with Gasteiger partial charge in [-0.1, -0.05) is 42.5 Å². The van der Waals surface area contributed by atoms with Crippen molar-refractivity contribution in [1.82, 2.24) is 9.55 Å². The van der Waals surface area contributed by atoms with Gasteiger partial charge >= 0.3 is 0 Å². The van der Waals surface area contributed by atoms with Crippen LogP contribution in [0.3, 0.4) is 0 Å². The number of nitrogen functional groups attached to an aromatic ring is 1. The number of imidazole rings is 1. The molecule has 0 unspecified atom stereocenters. The summed E-state index contributed by atoms with van der Waals surface area (Å²) >= 11 is 0. The molecule has 0 atom stereocenters. The Morgan fingerprint density at radius 2 is 1.67 bits per heavy atom. The maximum Gasteiger partial charge on any atom is 0.142 e. The number of anilines is 1. The molecule has 0 spiro atoms. The van der Waals surface area contributed by atoms with Gasteiger partial charge in [0.2, 0.25) is 0 Å². The summed E-state index contributed by atoms with van der Waals surface area (Å²) in [5.41, 5.74) is 8.92. The van der Waals surface area contributed by atoms with E-state index in [1.165, 1.54) is 0 Å². The molecule has 0 amide bonds. The third-order valence-corrected chi connectivity index (χ3v) is 3.53. The first kappa shape index (κ1) is 13.2. The Kier molecular flexibility index (Phi) is 3.36. The number of nitrogens with two attached hydrogens (primary N) is 1. The highest BCUT2D eigenvalue weighted by atomic mass is 16.5. The minimum atomic E-state index is 0.623. The van der Waals surface area contributed by atoms with E-state index in [4.69, 9.17) is 15.5 Å². The van der Waals surface area contributed by atoms with Crippen LogP contribution in [0, 0.1) is 0 Å². The van der Waals surface area contributed by atoms with Crippen LogP contribution in [0.25, 0.3) is 22.6 Å². The van der Waals surface area contributed by atoms with Crippen molar-refractivity contribution in [2.24, 2.45) is 7.05 Å². The molecule has 4 heteroatoms. The van der Waals surface area contributed by atoms with Gasteiger partial charge in [-0.25, -0.2) is 4.98 Å². The number of ether oxygens (including phenoxy) is 1. The van der Waals surface area contributed by atoms with Crippen molar-refractivity contribution >= 4 is 5.82 Å². The Morgan fingerprint density at radius 1 is 1.00 bits per heavy atom. The average Bonchev–Trinajstić information content (AvgIpc) is 2.84. The molecule has 0 radical (unpaired) electrons. The second-order valence-electron chi connectivity index (χ2n) is 4.79. The van der Waals surface area contributed by atoms with Crippen molar-refractivity contribution in [3.05, 3.63) is 54.6 Å². The van der Waals surface area contributed by atoms with Gasteiger partial charge in [0.25, 0.3) is 0 Å². The standard InChI is InChI=1S/C17H17N3O/c1-20-16(18)15(13-10-6-7-11-14(13)21-2)19-17(20)12-8-4-3-5-9-12/h3-11H,18H2,1-2H3. The van der Waals surface area contributed by atoms with Crippen LogP contribution in [0.15, 0.2) is 54.6 Å². The zero-order valence-electron chi connectivity index (χ0n) is 12.1. The van der Waals surface area contributed by atoms with Crippen molar-refractivity contribution < 1.29 is 4.74 Å². The minimum Gasteiger partial charge on any atom is -0.496 e. The van der Waals surface area contributed by atoms with Crippen LogP contribution in [0.1, 0.15) is 0 Å². The van der Waals surface area contributed by atoms with Crippen molar-refractivity contribution in [3.8, 4) is 28.4 Å². The predicted octanol–water partition coefficient (Wildman–Crippen LogP) is 3.34. The van der Waals surface area contributed by atoms with Crippen molar-refractivity contribution in [3.63, 3.8) is 0 Å². The van der Waals surface area contributed by atoms with Gasteiger partial charge in [0, 0.05) is 18.2 Å². The third-order valence-electron chi connectivity index (χ3n) is 3.53. The fraction of sp³-hybridized carbons (Fsp3) is 0.118. The fourth-order valence-electron chi connectivity index (χ4n) is 2.40.